The first-order chi connectivity index (χ1) is 9.37. The number of hydrogen-bond donors (Lipinski definition) is 2. The average molecular weight is 297 g/mol. The molecule has 0 bridgehead atoms. The van der Waals surface area contributed by atoms with Crippen molar-refractivity contribution in [2.24, 2.45) is 0 Å². The van der Waals surface area contributed by atoms with Crippen LogP contribution in [0.5, 0.6) is 0 Å². The van der Waals surface area contributed by atoms with Gasteiger partial charge in [-0.25, -0.2) is 0 Å². The molecule has 1 unspecified atom stereocenters. The molecule has 2 N–H and O–H groups in total. The van der Waals surface area contributed by atoms with E-state index in [1.807, 2.05) is 30.9 Å². The second kappa shape index (κ2) is 6.12. The molecule has 1 fully saturated rings. The third kappa shape index (κ3) is 3.95. The van der Waals surface area contributed by atoms with E-state index in [-0.39, 0.29) is 5.91 Å². The quantitative estimate of drug-likeness (QED) is 0.901. The van der Waals surface area contributed by atoms with Crippen molar-refractivity contribution in [2.45, 2.75) is 32.3 Å². The predicted molar refractivity (Wildman–Crippen MR) is 81.1 cm³/mol. The Morgan fingerprint density at radius 3 is 3.00 bits per heavy atom. The molecule has 1 amide bonds. The molecule has 0 aromatic heterocycles. The number of carbonyl (C=O) groups excluding carboxylic acids is 1. The molecule has 0 aliphatic carbocycles. The van der Waals surface area contributed by atoms with E-state index >= 15 is 0 Å². The Morgan fingerprint density at radius 2 is 2.30 bits per heavy atom. The highest BCUT2D eigenvalue weighted by molar-refractivity contribution is 6.31. The van der Waals surface area contributed by atoms with Gasteiger partial charge in [0.15, 0.2) is 0 Å². The summed E-state index contributed by atoms with van der Waals surface area (Å²) in [7, 11) is 0. The van der Waals surface area contributed by atoms with Crippen LogP contribution in [0.1, 0.15) is 25.3 Å². The maximum absolute atomic E-state index is 12.1. The van der Waals surface area contributed by atoms with E-state index in [1.54, 1.807) is 6.07 Å². The van der Waals surface area contributed by atoms with Gasteiger partial charge in [0, 0.05) is 17.3 Å². The maximum atomic E-state index is 12.1. The van der Waals surface area contributed by atoms with E-state index < -0.39 is 5.60 Å². The van der Waals surface area contributed by atoms with Crippen LogP contribution in [0.2, 0.25) is 5.02 Å². The number of amides is 1. The zero-order valence-electron chi connectivity index (χ0n) is 11.9. The highest BCUT2D eigenvalue weighted by atomic mass is 35.5. The monoisotopic (exact) mass is 296 g/mol. The number of carbonyl (C=O) groups is 1. The van der Waals surface area contributed by atoms with Gasteiger partial charge in [0.2, 0.25) is 5.91 Å². The highest BCUT2D eigenvalue weighted by Crippen LogP contribution is 2.23. The van der Waals surface area contributed by atoms with Crippen molar-refractivity contribution in [2.75, 3.05) is 25.0 Å². The third-order valence-electron chi connectivity index (χ3n) is 3.66. The summed E-state index contributed by atoms with van der Waals surface area (Å²) in [5, 5.41) is 13.6. The van der Waals surface area contributed by atoms with Crippen molar-refractivity contribution in [3.63, 3.8) is 0 Å². The standard InChI is InChI=1S/C15H21ClN2O2/c1-11-12(16)5-3-6-13(11)17-14(19)9-18-8-4-7-15(2,20)10-18/h3,5-6,20H,4,7-10H2,1-2H3,(H,17,19). The minimum absolute atomic E-state index is 0.0759. The molecule has 1 aliphatic rings. The Morgan fingerprint density at radius 1 is 1.55 bits per heavy atom. The lowest BCUT2D eigenvalue weighted by molar-refractivity contribution is -0.118. The molecule has 0 spiro atoms. The molecule has 1 atom stereocenters. The number of piperidine rings is 1. The lowest BCUT2D eigenvalue weighted by atomic mass is 9.95. The van der Waals surface area contributed by atoms with Crippen molar-refractivity contribution >= 4 is 23.2 Å². The summed E-state index contributed by atoms with van der Waals surface area (Å²) in [5.41, 5.74) is 0.921. The zero-order valence-corrected chi connectivity index (χ0v) is 12.7. The molecule has 4 nitrogen and oxygen atoms in total. The van der Waals surface area contributed by atoms with Crippen LogP contribution in [-0.2, 0) is 4.79 Å². The van der Waals surface area contributed by atoms with Crippen LogP contribution in [0, 0.1) is 6.92 Å². The van der Waals surface area contributed by atoms with Gasteiger partial charge in [0.1, 0.15) is 0 Å². The second-order valence-electron chi connectivity index (χ2n) is 5.77. The second-order valence-corrected chi connectivity index (χ2v) is 6.18. The van der Waals surface area contributed by atoms with Gasteiger partial charge in [0.25, 0.3) is 0 Å². The number of nitrogens with one attached hydrogen (secondary N) is 1. The van der Waals surface area contributed by atoms with Crippen molar-refractivity contribution < 1.29 is 9.90 Å². The third-order valence-corrected chi connectivity index (χ3v) is 4.07. The number of benzene rings is 1. The molecule has 1 saturated heterocycles. The lowest BCUT2D eigenvalue weighted by Gasteiger charge is -2.36. The number of β-amino-alcohol motifs (C(OH)–C–C–N with tert-alkyl or cyclic N) is 1. The van der Waals surface area contributed by atoms with Gasteiger partial charge >= 0.3 is 0 Å². The van der Waals surface area contributed by atoms with Crippen LogP contribution in [0.3, 0.4) is 0 Å². The van der Waals surface area contributed by atoms with E-state index in [4.69, 9.17) is 11.6 Å². The van der Waals surface area contributed by atoms with Crippen LogP contribution < -0.4 is 5.32 Å². The first-order valence-corrected chi connectivity index (χ1v) is 7.25. The van der Waals surface area contributed by atoms with Crippen molar-refractivity contribution in [1.29, 1.82) is 0 Å². The Labute approximate surface area is 124 Å². The SMILES string of the molecule is Cc1c(Cl)cccc1NC(=O)CN1CCCC(C)(O)C1. The fourth-order valence-electron chi connectivity index (χ4n) is 2.59. The minimum Gasteiger partial charge on any atom is -0.389 e. The molecule has 20 heavy (non-hydrogen) atoms. The fraction of sp³-hybridized carbons (Fsp3) is 0.533. The largest absolute Gasteiger partial charge is 0.389 e. The van der Waals surface area contributed by atoms with Crippen molar-refractivity contribution in [1.82, 2.24) is 4.90 Å². The van der Waals surface area contributed by atoms with Crippen molar-refractivity contribution in [3.8, 4) is 0 Å². The predicted octanol–water partition coefficient (Wildman–Crippen LogP) is 2.43. The summed E-state index contributed by atoms with van der Waals surface area (Å²) in [6.07, 6.45) is 1.70. The van der Waals surface area contributed by atoms with Crippen LogP contribution in [0.15, 0.2) is 18.2 Å². The van der Waals surface area contributed by atoms with Gasteiger partial charge in [-0.15, -0.1) is 0 Å². The van der Waals surface area contributed by atoms with Gasteiger partial charge in [-0.1, -0.05) is 17.7 Å². The summed E-state index contributed by atoms with van der Waals surface area (Å²) in [6.45, 7) is 5.37. The van der Waals surface area contributed by atoms with Gasteiger partial charge in [-0.3, -0.25) is 9.69 Å². The first-order valence-electron chi connectivity index (χ1n) is 6.87. The van der Waals surface area contributed by atoms with E-state index in [1.165, 1.54) is 0 Å². The molecule has 1 aromatic rings. The number of nitrogens with zero attached hydrogens (tertiary/aromatic N) is 1. The number of halogens is 1. The Balaban J connectivity index is 1.94. The van der Waals surface area contributed by atoms with Crippen LogP contribution in [0.4, 0.5) is 5.69 Å². The number of rotatable bonds is 3. The normalized spacial score (nSPS) is 23.6. The molecular formula is C15H21ClN2O2. The van der Waals surface area contributed by atoms with Gasteiger partial charge in [-0.05, 0) is 50.9 Å². The smallest absolute Gasteiger partial charge is 0.238 e. The van der Waals surface area contributed by atoms with E-state index in [0.29, 0.717) is 18.1 Å². The summed E-state index contributed by atoms with van der Waals surface area (Å²) >= 11 is 6.03. The van der Waals surface area contributed by atoms with E-state index in [2.05, 4.69) is 5.32 Å². The molecular weight excluding hydrogens is 276 g/mol. The number of anilines is 1. The molecule has 0 saturated carbocycles. The highest BCUT2D eigenvalue weighted by Gasteiger charge is 2.29. The number of aliphatic hydroxyl groups is 1. The van der Waals surface area contributed by atoms with Gasteiger partial charge in [0.05, 0.1) is 12.1 Å². The molecule has 110 valence electrons. The van der Waals surface area contributed by atoms with Crippen LogP contribution >= 0.6 is 11.6 Å². The van der Waals surface area contributed by atoms with Gasteiger partial charge in [-0.2, -0.15) is 0 Å². The van der Waals surface area contributed by atoms with Crippen molar-refractivity contribution in [3.05, 3.63) is 28.8 Å². The van der Waals surface area contributed by atoms with Gasteiger partial charge < -0.3 is 10.4 Å². The molecule has 1 aromatic carbocycles. The maximum Gasteiger partial charge on any atom is 0.238 e. The topological polar surface area (TPSA) is 52.6 Å². The molecule has 1 aliphatic heterocycles. The van der Waals surface area contributed by atoms with Crippen LogP contribution in [0.25, 0.3) is 0 Å². The minimum atomic E-state index is -0.690. The summed E-state index contributed by atoms with van der Waals surface area (Å²) in [5.74, 6) is -0.0759. The first kappa shape index (κ1) is 15.3. The molecule has 5 heteroatoms. The number of likely N-dealkylation sites (tertiary alicyclic amines) is 1. The van der Waals surface area contributed by atoms with E-state index in [0.717, 1.165) is 30.6 Å². The Hall–Kier alpha value is -1.10. The number of hydrogen-bond acceptors (Lipinski definition) is 3. The Bertz CT molecular complexity index is 503. The summed E-state index contributed by atoms with van der Waals surface area (Å²) < 4.78 is 0. The Kier molecular flexibility index (Phi) is 4.68. The lowest BCUT2D eigenvalue weighted by Crippen LogP contribution is -2.48. The summed E-state index contributed by atoms with van der Waals surface area (Å²) in [6, 6.07) is 5.45. The molecule has 2 rings (SSSR count). The fourth-order valence-corrected chi connectivity index (χ4v) is 2.77. The zero-order chi connectivity index (χ0) is 14.8. The van der Waals surface area contributed by atoms with Crippen LogP contribution in [-0.4, -0.2) is 41.1 Å². The van der Waals surface area contributed by atoms with E-state index in [9.17, 15) is 9.90 Å². The summed E-state index contributed by atoms with van der Waals surface area (Å²) in [4.78, 5) is 14.1. The average Bonchev–Trinajstić information content (AvgIpc) is 2.33. The molecule has 1 heterocycles. The molecule has 0 radical (unpaired) electrons.